The van der Waals surface area contributed by atoms with Crippen LogP contribution in [0.25, 0.3) is 0 Å². The van der Waals surface area contributed by atoms with Crippen LogP contribution in [-0.2, 0) is 9.53 Å². The highest BCUT2D eigenvalue weighted by Crippen LogP contribution is 2.28. The monoisotopic (exact) mass is 255 g/mol. The van der Waals surface area contributed by atoms with Crippen molar-refractivity contribution < 1.29 is 9.53 Å². The van der Waals surface area contributed by atoms with Crippen molar-refractivity contribution in [2.75, 3.05) is 13.7 Å². The number of carbonyl (C=O) groups excluding carboxylic acids is 1. The molecule has 1 fully saturated rings. The van der Waals surface area contributed by atoms with Crippen molar-refractivity contribution in [2.45, 2.75) is 58.9 Å². The molecular formula is C15H29NO2. The van der Waals surface area contributed by atoms with E-state index in [2.05, 4.69) is 26.1 Å². The quantitative estimate of drug-likeness (QED) is 0.742. The number of rotatable bonds is 6. The van der Waals surface area contributed by atoms with Crippen molar-refractivity contribution in [2.24, 2.45) is 17.8 Å². The molecule has 0 aromatic rings. The third kappa shape index (κ3) is 5.38. The van der Waals surface area contributed by atoms with Crippen LogP contribution in [0.4, 0.5) is 0 Å². The summed E-state index contributed by atoms with van der Waals surface area (Å²) >= 11 is 0. The topological polar surface area (TPSA) is 38.3 Å². The predicted molar refractivity (Wildman–Crippen MR) is 74.4 cm³/mol. The van der Waals surface area contributed by atoms with E-state index in [4.69, 9.17) is 4.74 Å². The van der Waals surface area contributed by atoms with E-state index in [0.717, 1.165) is 24.8 Å². The summed E-state index contributed by atoms with van der Waals surface area (Å²) in [5.74, 6) is 1.96. The summed E-state index contributed by atoms with van der Waals surface area (Å²) in [4.78, 5) is 11.7. The molecule has 0 heterocycles. The van der Waals surface area contributed by atoms with Crippen LogP contribution in [0, 0.1) is 17.8 Å². The summed E-state index contributed by atoms with van der Waals surface area (Å²) in [6, 6.07) is -0.132. The SMILES string of the molecule is COC(=O)C(CC(C)C)NCC1CCCC(C)C1. The van der Waals surface area contributed by atoms with Crippen molar-refractivity contribution in [1.29, 1.82) is 0 Å². The maximum absolute atomic E-state index is 11.7. The van der Waals surface area contributed by atoms with E-state index in [1.807, 2.05) is 0 Å². The maximum atomic E-state index is 11.7. The molecule has 0 radical (unpaired) electrons. The van der Waals surface area contributed by atoms with Gasteiger partial charge in [-0.05, 0) is 43.6 Å². The van der Waals surface area contributed by atoms with E-state index in [1.54, 1.807) is 0 Å². The highest BCUT2D eigenvalue weighted by molar-refractivity contribution is 5.75. The molecule has 3 nitrogen and oxygen atoms in total. The van der Waals surface area contributed by atoms with Crippen LogP contribution in [0.15, 0.2) is 0 Å². The van der Waals surface area contributed by atoms with E-state index in [0.29, 0.717) is 5.92 Å². The zero-order chi connectivity index (χ0) is 13.5. The van der Waals surface area contributed by atoms with E-state index in [9.17, 15) is 4.79 Å². The number of ether oxygens (including phenoxy) is 1. The van der Waals surface area contributed by atoms with Crippen molar-refractivity contribution in [3.63, 3.8) is 0 Å². The zero-order valence-corrected chi connectivity index (χ0v) is 12.4. The summed E-state index contributed by atoms with van der Waals surface area (Å²) < 4.78 is 4.87. The normalized spacial score (nSPS) is 26.1. The first-order chi connectivity index (χ1) is 8.52. The molecule has 3 unspecified atom stereocenters. The molecule has 0 amide bonds. The first-order valence-electron chi connectivity index (χ1n) is 7.34. The van der Waals surface area contributed by atoms with Crippen LogP contribution >= 0.6 is 0 Å². The number of hydrogen-bond donors (Lipinski definition) is 1. The predicted octanol–water partition coefficient (Wildman–Crippen LogP) is 2.99. The fourth-order valence-corrected chi connectivity index (χ4v) is 2.93. The van der Waals surface area contributed by atoms with Gasteiger partial charge in [0.1, 0.15) is 6.04 Å². The molecule has 1 aliphatic carbocycles. The highest BCUT2D eigenvalue weighted by Gasteiger charge is 2.23. The van der Waals surface area contributed by atoms with Gasteiger partial charge in [0.2, 0.25) is 0 Å². The largest absolute Gasteiger partial charge is 0.468 e. The van der Waals surface area contributed by atoms with Gasteiger partial charge in [-0.1, -0.05) is 33.6 Å². The van der Waals surface area contributed by atoms with E-state index in [-0.39, 0.29) is 12.0 Å². The van der Waals surface area contributed by atoms with E-state index in [1.165, 1.54) is 32.8 Å². The first-order valence-corrected chi connectivity index (χ1v) is 7.34. The Morgan fingerprint density at radius 1 is 1.39 bits per heavy atom. The highest BCUT2D eigenvalue weighted by atomic mass is 16.5. The number of carbonyl (C=O) groups is 1. The molecule has 18 heavy (non-hydrogen) atoms. The van der Waals surface area contributed by atoms with Crippen LogP contribution in [0.1, 0.15) is 52.9 Å². The lowest BCUT2D eigenvalue weighted by atomic mass is 9.82. The fraction of sp³-hybridized carbons (Fsp3) is 0.933. The Kier molecular flexibility index (Phi) is 6.69. The number of nitrogens with one attached hydrogen (secondary N) is 1. The summed E-state index contributed by atoms with van der Waals surface area (Å²) in [5, 5.41) is 3.42. The van der Waals surface area contributed by atoms with Gasteiger partial charge in [-0.3, -0.25) is 4.79 Å². The molecule has 0 aromatic carbocycles. The zero-order valence-electron chi connectivity index (χ0n) is 12.4. The standard InChI is InChI=1S/C15H29NO2/c1-11(2)8-14(15(17)18-4)16-10-13-7-5-6-12(3)9-13/h11-14,16H,5-10H2,1-4H3. The molecule has 0 bridgehead atoms. The lowest BCUT2D eigenvalue weighted by Gasteiger charge is -2.28. The molecule has 1 aliphatic rings. The third-order valence-electron chi connectivity index (χ3n) is 3.89. The Labute approximate surface area is 112 Å². The van der Waals surface area contributed by atoms with Gasteiger partial charge in [-0.25, -0.2) is 0 Å². The summed E-state index contributed by atoms with van der Waals surface area (Å²) in [6.45, 7) is 7.56. The lowest BCUT2D eigenvalue weighted by Crippen LogP contribution is -2.41. The Morgan fingerprint density at radius 3 is 2.67 bits per heavy atom. The molecule has 3 atom stereocenters. The average molecular weight is 255 g/mol. The van der Waals surface area contributed by atoms with Crippen LogP contribution in [0.2, 0.25) is 0 Å². The minimum Gasteiger partial charge on any atom is -0.468 e. The molecule has 0 aliphatic heterocycles. The fourth-order valence-electron chi connectivity index (χ4n) is 2.93. The van der Waals surface area contributed by atoms with Crippen molar-refractivity contribution in [3.8, 4) is 0 Å². The van der Waals surface area contributed by atoms with Crippen LogP contribution in [-0.4, -0.2) is 25.7 Å². The number of esters is 1. The van der Waals surface area contributed by atoms with Gasteiger partial charge in [0, 0.05) is 0 Å². The van der Waals surface area contributed by atoms with Crippen molar-refractivity contribution in [1.82, 2.24) is 5.32 Å². The van der Waals surface area contributed by atoms with E-state index >= 15 is 0 Å². The van der Waals surface area contributed by atoms with Gasteiger partial charge < -0.3 is 10.1 Å². The number of methoxy groups -OCH3 is 1. The first kappa shape index (κ1) is 15.5. The molecule has 1 saturated carbocycles. The second-order valence-corrected chi connectivity index (χ2v) is 6.25. The number of hydrogen-bond acceptors (Lipinski definition) is 3. The van der Waals surface area contributed by atoms with Gasteiger partial charge in [0.25, 0.3) is 0 Å². The summed E-state index contributed by atoms with van der Waals surface area (Å²) in [6.07, 6.45) is 6.15. The molecule has 106 valence electrons. The third-order valence-corrected chi connectivity index (χ3v) is 3.89. The second kappa shape index (κ2) is 7.78. The Balaban J connectivity index is 2.38. The van der Waals surface area contributed by atoms with Gasteiger partial charge in [0.15, 0.2) is 0 Å². The summed E-state index contributed by atoms with van der Waals surface area (Å²) in [5.41, 5.74) is 0. The average Bonchev–Trinajstić information content (AvgIpc) is 2.33. The van der Waals surface area contributed by atoms with Gasteiger partial charge >= 0.3 is 5.97 Å². The lowest BCUT2D eigenvalue weighted by molar-refractivity contribution is -0.143. The molecule has 1 rings (SSSR count). The molecular weight excluding hydrogens is 226 g/mol. The molecule has 0 saturated heterocycles. The minimum absolute atomic E-state index is 0.118. The second-order valence-electron chi connectivity index (χ2n) is 6.25. The minimum atomic E-state index is -0.132. The Bertz CT molecular complexity index is 253. The van der Waals surface area contributed by atoms with Crippen LogP contribution < -0.4 is 5.32 Å². The Hall–Kier alpha value is -0.570. The van der Waals surface area contributed by atoms with E-state index < -0.39 is 0 Å². The van der Waals surface area contributed by atoms with Crippen molar-refractivity contribution in [3.05, 3.63) is 0 Å². The van der Waals surface area contributed by atoms with Gasteiger partial charge in [-0.2, -0.15) is 0 Å². The Morgan fingerprint density at radius 2 is 2.11 bits per heavy atom. The maximum Gasteiger partial charge on any atom is 0.322 e. The molecule has 0 aromatic heterocycles. The van der Waals surface area contributed by atoms with Crippen LogP contribution in [0.5, 0.6) is 0 Å². The molecule has 1 N–H and O–H groups in total. The molecule has 3 heteroatoms. The van der Waals surface area contributed by atoms with Crippen molar-refractivity contribution >= 4 is 5.97 Å². The smallest absolute Gasteiger partial charge is 0.322 e. The molecule has 0 spiro atoms. The van der Waals surface area contributed by atoms with Gasteiger partial charge in [-0.15, -0.1) is 0 Å². The van der Waals surface area contributed by atoms with Gasteiger partial charge in [0.05, 0.1) is 7.11 Å². The van der Waals surface area contributed by atoms with Crippen LogP contribution in [0.3, 0.4) is 0 Å². The summed E-state index contributed by atoms with van der Waals surface area (Å²) in [7, 11) is 1.47.